The van der Waals surface area contributed by atoms with Gasteiger partial charge in [-0.1, -0.05) is 24.3 Å². The fourth-order valence-electron chi connectivity index (χ4n) is 2.53. The zero-order valence-electron chi connectivity index (χ0n) is 14.3. The van der Waals surface area contributed by atoms with Gasteiger partial charge in [0.2, 0.25) is 0 Å². The lowest BCUT2D eigenvalue weighted by molar-refractivity contribution is 0.0190. The van der Waals surface area contributed by atoms with Gasteiger partial charge in [-0.15, -0.1) is 0 Å². The van der Waals surface area contributed by atoms with E-state index in [4.69, 9.17) is 10.5 Å². The Morgan fingerprint density at radius 2 is 1.96 bits per heavy atom. The van der Waals surface area contributed by atoms with E-state index < -0.39 is 5.60 Å². The van der Waals surface area contributed by atoms with E-state index in [0.717, 1.165) is 17.0 Å². The molecule has 0 fully saturated rings. The zero-order valence-corrected chi connectivity index (χ0v) is 14.3. The van der Waals surface area contributed by atoms with Gasteiger partial charge in [0.05, 0.1) is 13.1 Å². The summed E-state index contributed by atoms with van der Waals surface area (Å²) < 4.78 is 7.28. The van der Waals surface area contributed by atoms with Crippen molar-refractivity contribution in [3.8, 4) is 11.4 Å². The molecule has 0 saturated carbocycles. The molecule has 3 rings (SSSR count). The van der Waals surface area contributed by atoms with Crippen LogP contribution in [0.1, 0.15) is 32.2 Å². The lowest BCUT2D eigenvalue weighted by Crippen LogP contribution is -2.41. The summed E-state index contributed by atoms with van der Waals surface area (Å²) in [5, 5.41) is 4.54. The highest BCUT2D eigenvalue weighted by molar-refractivity contribution is 5.68. The highest BCUT2D eigenvalue weighted by atomic mass is 16.6. The Morgan fingerprint density at radius 3 is 2.58 bits per heavy atom. The van der Waals surface area contributed by atoms with Crippen molar-refractivity contribution in [3.05, 3.63) is 35.7 Å². The van der Waals surface area contributed by atoms with Gasteiger partial charge in [0.25, 0.3) is 0 Å². The molecule has 1 amide bonds. The van der Waals surface area contributed by atoms with Crippen LogP contribution in [-0.4, -0.2) is 37.9 Å². The first kappa shape index (κ1) is 16.4. The number of hydrogen-bond donors (Lipinski definition) is 1. The predicted molar refractivity (Wildman–Crippen MR) is 90.0 cm³/mol. The van der Waals surface area contributed by atoms with Crippen molar-refractivity contribution in [1.82, 2.24) is 19.7 Å². The molecular formula is C17H23N5O2. The molecule has 0 aliphatic carbocycles. The lowest BCUT2D eigenvalue weighted by atomic mass is 10.1. The summed E-state index contributed by atoms with van der Waals surface area (Å²) in [6, 6.07) is 7.88. The van der Waals surface area contributed by atoms with Crippen LogP contribution in [0, 0.1) is 0 Å². The molecule has 2 N–H and O–H groups in total. The van der Waals surface area contributed by atoms with Gasteiger partial charge in [-0.3, -0.25) is 4.90 Å². The third-order valence-electron chi connectivity index (χ3n) is 3.76. The Balaban J connectivity index is 1.75. The molecule has 24 heavy (non-hydrogen) atoms. The summed E-state index contributed by atoms with van der Waals surface area (Å²) in [6.07, 6.45) is -0.314. The van der Waals surface area contributed by atoms with Crippen LogP contribution < -0.4 is 5.73 Å². The molecular weight excluding hydrogens is 306 g/mol. The first-order chi connectivity index (χ1) is 11.4. The number of rotatable bonds is 2. The van der Waals surface area contributed by atoms with Crippen LogP contribution in [0.15, 0.2) is 24.3 Å². The maximum Gasteiger partial charge on any atom is 0.410 e. The van der Waals surface area contributed by atoms with Gasteiger partial charge in [0.15, 0.2) is 5.82 Å². The fourth-order valence-corrected chi connectivity index (χ4v) is 2.53. The quantitative estimate of drug-likeness (QED) is 0.912. The van der Waals surface area contributed by atoms with E-state index in [1.54, 1.807) is 4.90 Å². The molecule has 1 aliphatic rings. The molecule has 7 heteroatoms. The van der Waals surface area contributed by atoms with Gasteiger partial charge < -0.3 is 10.5 Å². The van der Waals surface area contributed by atoms with Crippen molar-refractivity contribution < 1.29 is 9.53 Å². The SMILES string of the molecule is CC(C)(C)OC(=O)N1CCn2nc(-c3ccc(CN)cc3)nc2C1. The van der Waals surface area contributed by atoms with Crippen molar-refractivity contribution in [2.45, 2.75) is 46.0 Å². The minimum atomic E-state index is -0.502. The van der Waals surface area contributed by atoms with Gasteiger partial charge in [0.1, 0.15) is 11.4 Å². The van der Waals surface area contributed by atoms with Crippen LogP contribution in [0.4, 0.5) is 4.79 Å². The Kier molecular flexibility index (Phi) is 4.28. The summed E-state index contributed by atoms with van der Waals surface area (Å²) >= 11 is 0. The number of carbonyl (C=O) groups excluding carboxylic acids is 1. The number of aromatic nitrogens is 3. The maximum absolute atomic E-state index is 12.2. The Morgan fingerprint density at radius 1 is 1.25 bits per heavy atom. The van der Waals surface area contributed by atoms with Crippen molar-refractivity contribution in [3.63, 3.8) is 0 Å². The van der Waals surface area contributed by atoms with E-state index in [2.05, 4.69) is 10.1 Å². The van der Waals surface area contributed by atoms with Gasteiger partial charge in [0, 0.05) is 18.7 Å². The number of amides is 1. The molecule has 0 spiro atoms. The van der Waals surface area contributed by atoms with Crippen LogP contribution in [-0.2, 0) is 24.4 Å². The van der Waals surface area contributed by atoms with E-state index in [-0.39, 0.29) is 6.09 Å². The van der Waals surface area contributed by atoms with Crippen molar-refractivity contribution >= 4 is 6.09 Å². The van der Waals surface area contributed by atoms with Crippen LogP contribution in [0.25, 0.3) is 11.4 Å². The summed E-state index contributed by atoms with van der Waals surface area (Å²) in [7, 11) is 0. The molecule has 0 atom stereocenters. The average Bonchev–Trinajstić information content (AvgIpc) is 2.96. The van der Waals surface area contributed by atoms with Gasteiger partial charge in [-0.25, -0.2) is 14.5 Å². The number of ether oxygens (including phenoxy) is 1. The minimum absolute atomic E-state index is 0.314. The summed E-state index contributed by atoms with van der Waals surface area (Å²) in [6.45, 7) is 7.68. The molecule has 0 bridgehead atoms. The molecule has 0 radical (unpaired) electrons. The highest BCUT2D eigenvalue weighted by Gasteiger charge is 2.27. The van der Waals surface area contributed by atoms with Crippen LogP contribution in [0.5, 0.6) is 0 Å². The summed E-state index contributed by atoms with van der Waals surface area (Å²) in [5.74, 6) is 1.43. The number of benzene rings is 1. The molecule has 2 heterocycles. The molecule has 1 aromatic heterocycles. The monoisotopic (exact) mass is 329 g/mol. The van der Waals surface area contributed by atoms with E-state index in [9.17, 15) is 4.79 Å². The Bertz CT molecular complexity index is 730. The Hall–Kier alpha value is -2.41. The number of hydrogen-bond acceptors (Lipinski definition) is 5. The number of carbonyl (C=O) groups is 1. The highest BCUT2D eigenvalue weighted by Crippen LogP contribution is 2.20. The number of fused-ring (bicyclic) bond motifs is 1. The molecule has 1 aromatic carbocycles. The van der Waals surface area contributed by atoms with Crippen molar-refractivity contribution in [2.24, 2.45) is 5.73 Å². The molecule has 1 aliphatic heterocycles. The topological polar surface area (TPSA) is 86.3 Å². The van der Waals surface area contributed by atoms with Gasteiger partial charge >= 0.3 is 6.09 Å². The molecule has 0 unspecified atom stereocenters. The minimum Gasteiger partial charge on any atom is -0.444 e. The van der Waals surface area contributed by atoms with Crippen molar-refractivity contribution in [1.29, 1.82) is 0 Å². The summed E-state index contributed by atoms with van der Waals surface area (Å²) in [5.41, 5.74) is 7.13. The first-order valence-corrected chi connectivity index (χ1v) is 8.07. The Labute approximate surface area is 141 Å². The summed E-state index contributed by atoms with van der Waals surface area (Å²) in [4.78, 5) is 18.4. The lowest BCUT2D eigenvalue weighted by Gasteiger charge is -2.29. The molecule has 128 valence electrons. The van der Waals surface area contributed by atoms with Crippen LogP contribution >= 0.6 is 0 Å². The van der Waals surface area contributed by atoms with E-state index in [1.165, 1.54) is 0 Å². The molecule has 2 aromatic rings. The zero-order chi connectivity index (χ0) is 17.3. The smallest absolute Gasteiger partial charge is 0.410 e. The predicted octanol–water partition coefficient (Wildman–Crippen LogP) is 2.15. The average molecular weight is 329 g/mol. The normalized spacial score (nSPS) is 14.4. The van der Waals surface area contributed by atoms with Crippen LogP contribution in [0.3, 0.4) is 0 Å². The second-order valence-corrected chi connectivity index (χ2v) is 6.88. The largest absolute Gasteiger partial charge is 0.444 e. The fraction of sp³-hybridized carbons (Fsp3) is 0.471. The molecule has 0 saturated heterocycles. The van der Waals surface area contributed by atoms with E-state index >= 15 is 0 Å². The maximum atomic E-state index is 12.2. The van der Waals surface area contributed by atoms with Gasteiger partial charge in [-0.05, 0) is 26.3 Å². The standard InChI is InChI=1S/C17H23N5O2/c1-17(2,3)24-16(23)21-8-9-22-14(11-21)19-15(20-22)13-6-4-12(10-18)5-7-13/h4-7H,8-11,18H2,1-3H3. The second kappa shape index (κ2) is 6.24. The first-order valence-electron chi connectivity index (χ1n) is 8.07. The number of nitrogens with zero attached hydrogens (tertiary/aromatic N) is 4. The van der Waals surface area contributed by atoms with Crippen molar-refractivity contribution in [2.75, 3.05) is 6.54 Å². The second-order valence-electron chi connectivity index (χ2n) is 6.88. The van der Waals surface area contributed by atoms with Gasteiger partial charge in [-0.2, -0.15) is 5.10 Å². The van der Waals surface area contributed by atoms with E-state index in [1.807, 2.05) is 49.7 Å². The third kappa shape index (κ3) is 3.56. The number of nitrogens with two attached hydrogens (primary N) is 1. The van der Waals surface area contributed by atoms with Crippen LogP contribution in [0.2, 0.25) is 0 Å². The molecule has 7 nitrogen and oxygen atoms in total. The van der Waals surface area contributed by atoms with E-state index in [0.29, 0.717) is 32.0 Å². The third-order valence-corrected chi connectivity index (χ3v) is 3.76.